The number of nitrogens with two attached hydrogens (primary N) is 1. The van der Waals surface area contributed by atoms with E-state index in [0.717, 1.165) is 16.0 Å². The molecule has 0 unspecified atom stereocenters. The molecule has 0 atom stereocenters. The first-order valence-electron chi connectivity index (χ1n) is 11.6. The molecule has 0 radical (unpaired) electrons. The number of carbonyl (C=O) groups is 5. The van der Waals surface area contributed by atoms with Crippen molar-refractivity contribution in [1.29, 1.82) is 0 Å². The molecule has 0 fully saturated rings. The van der Waals surface area contributed by atoms with Crippen molar-refractivity contribution in [1.82, 2.24) is 0 Å². The van der Waals surface area contributed by atoms with E-state index in [0.29, 0.717) is 11.4 Å². The molecule has 0 saturated carbocycles. The van der Waals surface area contributed by atoms with E-state index in [9.17, 15) is 24.0 Å². The molecule has 3 aromatic carbocycles. The lowest BCUT2D eigenvalue weighted by Crippen LogP contribution is -2.37. The Morgan fingerprint density at radius 1 is 0.892 bits per heavy atom. The largest absolute Gasteiger partial charge is 0.452 e. The number of amides is 4. The van der Waals surface area contributed by atoms with Crippen LogP contribution in [-0.4, -0.2) is 42.7 Å². The van der Waals surface area contributed by atoms with Crippen molar-refractivity contribution in [3.8, 4) is 0 Å². The molecule has 1 aliphatic rings. The van der Waals surface area contributed by atoms with Gasteiger partial charge in [-0.25, -0.2) is 9.69 Å². The third kappa shape index (κ3) is 5.25. The second-order valence-electron chi connectivity index (χ2n) is 8.67. The molecule has 0 saturated heterocycles. The average molecular weight is 500 g/mol. The maximum Gasteiger partial charge on any atom is 0.338 e. The van der Waals surface area contributed by atoms with Crippen LogP contribution in [0, 0.1) is 13.8 Å². The highest BCUT2D eigenvalue weighted by Gasteiger charge is 2.38. The van der Waals surface area contributed by atoms with Gasteiger partial charge in [-0.3, -0.25) is 19.2 Å². The first kappa shape index (κ1) is 25.3. The number of esters is 1. The maximum absolute atomic E-state index is 13.1. The summed E-state index contributed by atoms with van der Waals surface area (Å²) in [6, 6.07) is 18.2. The molecule has 37 heavy (non-hydrogen) atoms. The summed E-state index contributed by atoms with van der Waals surface area (Å²) in [7, 11) is 0. The molecular formula is C28H25N3O6. The minimum Gasteiger partial charge on any atom is -0.452 e. The number of hydrogen-bond donors (Lipinski definition) is 1. The fourth-order valence-electron chi connectivity index (χ4n) is 4.06. The number of primary amides is 1. The number of anilines is 2. The number of rotatable bonds is 8. The molecule has 9 heteroatoms. The van der Waals surface area contributed by atoms with E-state index < -0.39 is 36.2 Å². The molecule has 9 nitrogen and oxygen atoms in total. The molecule has 3 aromatic rings. The zero-order chi connectivity index (χ0) is 26.7. The number of fused-ring (bicyclic) bond motifs is 1. The summed E-state index contributed by atoms with van der Waals surface area (Å²) >= 11 is 0. The number of nitrogens with zero attached hydrogens (tertiary/aromatic N) is 2. The number of ether oxygens (including phenoxy) is 1. The number of hydrogen-bond acceptors (Lipinski definition) is 6. The van der Waals surface area contributed by atoms with Crippen molar-refractivity contribution in [2.45, 2.75) is 20.3 Å². The number of para-hydroxylation sites is 1. The number of aryl methyl sites for hydroxylation is 2. The van der Waals surface area contributed by atoms with Crippen LogP contribution in [0.4, 0.5) is 11.4 Å². The first-order valence-corrected chi connectivity index (χ1v) is 11.6. The highest BCUT2D eigenvalue weighted by Crippen LogP contribution is 2.32. The smallest absolute Gasteiger partial charge is 0.338 e. The van der Waals surface area contributed by atoms with Gasteiger partial charge in [-0.05, 0) is 61.4 Å². The molecule has 1 aliphatic heterocycles. The Bertz CT molecular complexity index is 1420. The maximum atomic E-state index is 13.1. The van der Waals surface area contributed by atoms with Gasteiger partial charge in [-0.15, -0.1) is 0 Å². The highest BCUT2D eigenvalue weighted by molar-refractivity contribution is 6.35. The predicted octanol–water partition coefficient (Wildman–Crippen LogP) is 3.17. The monoisotopic (exact) mass is 499 g/mol. The lowest BCUT2D eigenvalue weighted by molar-refractivity contribution is -0.121. The van der Waals surface area contributed by atoms with Gasteiger partial charge in [0.2, 0.25) is 5.91 Å². The van der Waals surface area contributed by atoms with Gasteiger partial charge in [0, 0.05) is 18.7 Å². The summed E-state index contributed by atoms with van der Waals surface area (Å²) in [6.45, 7) is 3.11. The van der Waals surface area contributed by atoms with Crippen LogP contribution in [0.1, 0.15) is 48.6 Å². The second-order valence-corrected chi connectivity index (χ2v) is 8.67. The van der Waals surface area contributed by atoms with Crippen LogP contribution in [-0.2, 0) is 14.3 Å². The van der Waals surface area contributed by atoms with Gasteiger partial charge in [0.25, 0.3) is 17.7 Å². The van der Waals surface area contributed by atoms with Gasteiger partial charge >= 0.3 is 5.97 Å². The third-order valence-corrected chi connectivity index (χ3v) is 6.01. The Hall–Kier alpha value is -4.79. The minimum atomic E-state index is -0.829. The van der Waals surface area contributed by atoms with Gasteiger partial charge in [0.05, 0.1) is 22.4 Å². The minimum absolute atomic E-state index is 0.0268. The van der Waals surface area contributed by atoms with E-state index in [-0.39, 0.29) is 29.7 Å². The van der Waals surface area contributed by atoms with E-state index in [1.165, 1.54) is 23.1 Å². The van der Waals surface area contributed by atoms with Crippen molar-refractivity contribution in [3.05, 3.63) is 94.5 Å². The van der Waals surface area contributed by atoms with Gasteiger partial charge in [-0.2, -0.15) is 0 Å². The van der Waals surface area contributed by atoms with Gasteiger partial charge < -0.3 is 15.4 Å². The van der Waals surface area contributed by atoms with E-state index in [2.05, 4.69) is 0 Å². The first-order chi connectivity index (χ1) is 17.7. The fraction of sp³-hybridized carbons (Fsp3) is 0.179. The Kier molecular flexibility index (Phi) is 7.15. The van der Waals surface area contributed by atoms with Crippen LogP contribution in [0.2, 0.25) is 0 Å². The van der Waals surface area contributed by atoms with E-state index in [4.69, 9.17) is 10.5 Å². The summed E-state index contributed by atoms with van der Waals surface area (Å²) < 4.78 is 5.21. The van der Waals surface area contributed by atoms with Gasteiger partial charge in [0.1, 0.15) is 0 Å². The van der Waals surface area contributed by atoms with Crippen LogP contribution in [0.5, 0.6) is 0 Å². The Balaban J connectivity index is 1.50. The molecule has 0 aromatic heterocycles. The Morgan fingerprint density at radius 3 is 2.30 bits per heavy atom. The molecule has 4 amide bonds. The summed E-state index contributed by atoms with van der Waals surface area (Å²) in [5.74, 6) is -2.96. The van der Waals surface area contributed by atoms with Gasteiger partial charge in [0.15, 0.2) is 6.61 Å². The molecule has 4 rings (SSSR count). The van der Waals surface area contributed by atoms with Crippen LogP contribution >= 0.6 is 0 Å². The fourth-order valence-corrected chi connectivity index (χ4v) is 4.06. The summed E-state index contributed by atoms with van der Waals surface area (Å²) in [6.07, 6.45) is -0.0630. The zero-order valence-electron chi connectivity index (χ0n) is 20.4. The van der Waals surface area contributed by atoms with Crippen molar-refractivity contribution < 1.29 is 28.7 Å². The van der Waals surface area contributed by atoms with Crippen LogP contribution < -0.4 is 15.5 Å². The quantitative estimate of drug-likeness (QED) is 0.375. The Labute approximate surface area is 213 Å². The molecule has 1 heterocycles. The van der Waals surface area contributed by atoms with Crippen LogP contribution in [0.15, 0.2) is 66.7 Å². The molecule has 0 spiro atoms. The van der Waals surface area contributed by atoms with Crippen molar-refractivity contribution >= 4 is 41.0 Å². The SMILES string of the molecule is Cc1ccc(C)c(N2C(=O)c3ccc(C(=O)OCC(=O)N(CCC(N)=O)c4ccccc4)cc3C2=O)c1. The number of benzene rings is 3. The lowest BCUT2D eigenvalue weighted by Gasteiger charge is -2.22. The predicted molar refractivity (Wildman–Crippen MR) is 136 cm³/mol. The topological polar surface area (TPSA) is 127 Å². The zero-order valence-corrected chi connectivity index (χ0v) is 20.4. The Morgan fingerprint density at radius 2 is 1.59 bits per heavy atom. The standard InChI is InChI=1S/C28H25N3O6/c1-17-8-9-18(2)23(14-17)31-26(34)21-11-10-19(15-22(21)27(31)35)28(36)37-16-25(33)30(13-12-24(29)32)20-6-4-3-5-7-20/h3-11,14-15H,12-13,16H2,1-2H3,(H2,29,32). The van der Waals surface area contributed by atoms with E-state index in [1.807, 2.05) is 19.1 Å². The van der Waals surface area contributed by atoms with Crippen LogP contribution in [0.25, 0.3) is 0 Å². The van der Waals surface area contributed by atoms with Gasteiger partial charge in [-0.1, -0.05) is 30.3 Å². The van der Waals surface area contributed by atoms with Crippen molar-refractivity contribution in [3.63, 3.8) is 0 Å². The van der Waals surface area contributed by atoms with Crippen molar-refractivity contribution in [2.75, 3.05) is 23.0 Å². The van der Waals surface area contributed by atoms with E-state index >= 15 is 0 Å². The highest BCUT2D eigenvalue weighted by atomic mass is 16.5. The normalized spacial score (nSPS) is 12.3. The van der Waals surface area contributed by atoms with Crippen LogP contribution in [0.3, 0.4) is 0 Å². The molecule has 2 N–H and O–H groups in total. The van der Waals surface area contributed by atoms with Crippen molar-refractivity contribution in [2.24, 2.45) is 5.73 Å². The summed E-state index contributed by atoms with van der Waals surface area (Å²) in [5, 5.41) is 0. The third-order valence-electron chi connectivity index (χ3n) is 6.01. The second kappa shape index (κ2) is 10.4. The summed E-state index contributed by atoms with van der Waals surface area (Å²) in [4.78, 5) is 65.3. The summed E-state index contributed by atoms with van der Waals surface area (Å²) in [5.41, 5.74) is 8.18. The van der Waals surface area contributed by atoms with E-state index in [1.54, 1.807) is 43.3 Å². The number of carbonyl (C=O) groups excluding carboxylic acids is 5. The number of imide groups is 1. The molecule has 188 valence electrons. The molecule has 0 bridgehead atoms. The lowest BCUT2D eigenvalue weighted by atomic mass is 10.1. The molecular weight excluding hydrogens is 474 g/mol. The average Bonchev–Trinajstić information content (AvgIpc) is 3.13. The molecule has 0 aliphatic carbocycles.